The van der Waals surface area contributed by atoms with Gasteiger partial charge < -0.3 is 14.8 Å². The van der Waals surface area contributed by atoms with Crippen LogP contribution in [0.25, 0.3) is 0 Å². The Morgan fingerprint density at radius 3 is 2.81 bits per heavy atom. The molecule has 2 aromatic rings. The summed E-state index contributed by atoms with van der Waals surface area (Å²) < 4.78 is 10.2. The second-order valence-electron chi connectivity index (χ2n) is 4.04. The Bertz CT molecular complexity index is 685. The Hall–Kier alpha value is -2.36. The third kappa shape index (κ3) is 3.60. The van der Waals surface area contributed by atoms with Crippen LogP contribution in [0.2, 0.25) is 5.15 Å². The summed E-state index contributed by atoms with van der Waals surface area (Å²) in [6.45, 7) is 0.242. The van der Waals surface area contributed by atoms with Gasteiger partial charge >= 0.3 is 0 Å². The predicted octanol–water partition coefficient (Wildman–Crippen LogP) is 2.90. The molecule has 0 saturated heterocycles. The third-order valence-electron chi connectivity index (χ3n) is 2.63. The van der Waals surface area contributed by atoms with Gasteiger partial charge in [0.25, 0.3) is 0 Å². The summed E-state index contributed by atoms with van der Waals surface area (Å²) in [6.07, 6.45) is 0. The number of hydrogen-bond acceptors (Lipinski definition) is 6. The van der Waals surface area contributed by atoms with Crippen LogP contribution in [0.1, 0.15) is 11.4 Å². The molecule has 0 unspecified atom stereocenters. The molecule has 7 heteroatoms. The molecule has 6 nitrogen and oxygen atoms in total. The molecule has 0 radical (unpaired) electrons. The van der Waals surface area contributed by atoms with Crippen molar-refractivity contribution in [3.63, 3.8) is 0 Å². The van der Waals surface area contributed by atoms with E-state index in [0.717, 1.165) is 0 Å². The summed E-state index contributed by atoms with van der Waals surface area (Å²) >= 11 is 5.96. The van der Waals surface area contributed by atoms with Crippen LogP contribution in [-0.4, -0.2) is 24.2 Å². The van der Waals surface area contributed by atoms with Crippen molar-refractivity contribution in [3.8, 4) is 11.8 Å². The van der Waals surface area contributed by atoms with Gasteiger partial charge in [0, 0.05) is 13.2 Å². The highest BCUT2D eigenvalue weighted by atomic mass is 35.5. The van der Waals surface area contributed by atoms with Crippen LogP contribution in [0.5, 0.6) is 5.75 Å². The van der Waals surface area contributed by atoms with E-state index in [-0.39, 0.29) is 11.8 Å². The zero-order valence-electron chi connectivity index (χ0n) is 11.6. The molecular weight excluding hydrogens is 292 g/mol. The lowest BCUT2D eigenvalue weighted by atomic mass is 10.2. The molecule has 0 saturated carbocycles. The summed E-state index contributed by atoms with van der Waals surface area (Å²) in [6, 6.07) is 8.84. The molecule has 0 aliphatic rings. The Balaban J connectivity index is 2.40. The largest absolute Gasteiger partial charge is 0.495 e. The van der Waals surface area contributed by atoms with Crippen LogP contribution in [0.4, 0.5) is 11.5 Å². The maximum absolute atomic E-state index is 9.19. The molecule has 21 heavy (non-hydrogen) atoms. The van der Waals surface area contributed by atoms with Gasteiger partial charge in [-0.25, -0.2) is 9.97 Å². The molecular formula is C14H13ClN4O2. The Morgan fingerprint density at radius 1 is 1.33 bits per heavy atom. The number of hydrogen-bond donors (Lipinski definition) is 1. The van der Waals surface area contributed by atoms with E-state index in [2.05, 4.69) is 21.4 Å². The number of nitrogens with one attached hydrogen (secondary N) is 1. The Morgan fingerprint density at radius 2 is 2.14 bits per heavy atom. The first-order chi connectivity index (χ1) is 10.2. The summed E-state index contributed by atoms with van der Waals surface area (Å²) in [5, 5.41) is 12.5. The second kappa shape index (κ2) is 6.88. The van der Waals surface area contributed by atoms with Crippen LogP contribution in [0.15, 0.2) is 24.3 Å². The second-order valence-corrected chi connectivity index (χ2v) is 4.43. The van der Waals surface area contributed by atoms with Crippen LogP contribution in [-0.2, 0) is 11.3 Å². The van der Waals surface area contributed by atoms with E-state index in [4.69, 9.17) is 21.1 Å². The number of aromatic nitrogens is 2. The molecule has 1 aromatic heterocycles. The average Bonchev–Trinajstić information content (AvgIpc) is 2.47. The Labute approximate surface area is 127 Å². The van der Waals surface area contributed by atoms with Gasteiger partial charge in [0.05, 0.1) is 12.7 Å². The average molecular weight is 305 g/mol. The monoisotopic (exact) mass is 304 g/mol. The summed E-state index contributed by atoms with van der Waals surface area (Å²) in [5.41, 5.74) is 0.970. The number of para-hydroxylation sites is 1. The summed E-state index contributed by atoms with van der Waals surface area (Å²) in [7, 11) is 3.08. The lowest BCUT2D eigenvalue weighted by Crippen LogP contribution is -2.03. The number of halogens is 1. The molecule has 0 amide bonds. The van der Waals surface area contributed by atoms with Gasteiger partial charge in [0.15, 0.2) is 5.82 Å². The SMILES string of the molecule is COCc1nc(Cl)cc(Nc2c(C#N)cccc2OC)n1. The van der Waals surface area contributed by atoms with Crippen molar-refractivity contribution in [2.24, 2.45) is 0 Å². The quantitative estimate of drug-likeness (QED) is 0.856. The van der Waals surface area contributed by atoms with Gasteiger partial charge in [0.2, 0.25) is 0 Å². The number of nitriles is 1. The summed E-state index contributed by atoms with van der Waals surface area (Å²) in [4.78, 5) is 8.32. The van der Waals surface area contributed by atoms with Crippen molar-refractivity contribution >= 4 is 23.1 Å². The molecule has 1 N–H and O–H groups in total. The standard InChI is InChI=1S/C14H13ClN4O2/c1-20-8-13-17-11(15)6-12(18-13)19-14-9(7-16)4-3-5-10(14)21-2/h3-6H,8H2,1-2H3,(H,17,18,19). The van der Waals surface area contributed by atoms with Crippen molar-refractivity contribution in [1.82, 2.24) is 9.97 Å². The number of anilines is 2. The lowest BCUT2D eigenvalue weighted by molar-refractivity contribution is 0.178. The highest BCUT2D eigenvalue weighted by Crippen LogP contribution is 2.30. The van der Waals surface area contributed by atoms with E-state index in [1.807, 2.05) is 0 Å². The van der Waals surface area contributed by atoms with Crippen LogP contribution in [0, 0.1) is 11.3 Å². The summed E-state index contributed by atoms with van der Waals surface area (Å²) in [5.74, 6) is 1.45. The predicted molar refractivity (Wildman–Crippen MR) is 78.7 cm³/mol. The molecule has 0 aliphatic carbocycles. The van der Waals surface area contributed by atoms with Crippen LogP contribution >= 0.6 is 11.6 Å². The normalized spacial score (nSPS) is 10.0. The van der Waals surface area contributed by atoms with Gasteiger partial charge in [-0.05, 0) is 12.1 Å². The fraction of sp³-hybridized carbons (Fsp3) is 0.214. The highest BCUT2D eigenvalue weighted by molar-refractivity contribution is 6.29. The number of ether oxygens (including phenoxy) is 2. The van der Waals surface area contributed by atoms with Crippen molar-refractivity contribution in [3.05, 3.63) is 40.8 Å². The maximum Gasteiger partial charge on any atom is 0.158 e. The fourth-order valence-corrected chi connectivity index (χ4v) is 1.97. The van der Waals surface area contributed by atoms with E-state index in [1.54, 1.807) is 31.4 Å². The van der Waals surface area contributed by atoms with E-state index >= 15 is 0 Å². The van der Waals surface area contributed by atoms with Gasteiger partial charge in [-0.2, -0.15) is 5.26 Å². The number of nitrogens with zero attached hydrogens (tertiary/aromatic N) is 3. The van der Waals surface area contributed by atoms with Crippen LogP contribution in [0.3, 0.4) is 0 Å². The fourth-order valence-electron chi connectivity index (χ4n) is 1.77. The minimum Gasteiger partial charge on any atom is -0.495 e. The molecule has 1 heterocycles. The molecule has 108 valence electrons. The van der Waals surface area contributed by atoms with E-state index in [0.29, 0.717) is 28.6 Å². The maximum atomic E-state index is 9.19. The molecule has 2 rings (SSSR count). The van der Waals surface area contributed by atoms with E-state index < -0.39 is 0 Å². The minimum atomic E-state index is 0.242. The smallest absolute Gasteiger partial charge is 0.158 e. The van der Waals surface area contributed by atoms with E-state index in [9.17, 15) is 5.26 Å². The van der Waals surface area contributed by atoms with Crippen molar-refractivity contribution in [2.45, 2.75) is 6.61 Å². The topological polar surface area (TPSA) is 80.1 Å². The first-order valence-electron chi connectivity index (χ1n) is 6.04. The molecule has 0 spiro atoms. The molecule has 1 aromatic carbocycles. The number of methoxy groups -OCH3 is 2. The molecule has 0 atom stereocenters. The zero-order chi connectivity index (χ0) is 15.2. The number of benzene rings is 1. The molecule has 0 fully saturated rings. The first-order valence-corrected chi connectivity index (χ1v) is 6.42. The third-order valence-corrected chi connectivity index (χ3v) is 2.83. The van der Waals surface area contributed by atoms with Crippen molar-refractivity contribution in [2.75, 3.05) is 19.5 Å². The highest BCUT2D eigenvalue weighted by Gasteiger charge is 2.11. The number of rotatable bonds is 5. The van der Waals surface area contributed by atoms with Gasteiger partial charge in [-0.3, -0.25) is 0 Å². The molecule has 0 bridgehead atoms. The zero-order valence-corrected chi connectivity index (χ0v) is 12.3. The van der Waals surface area contributed by atoms with Gasteiger partial charge in [0.1, 0.15) is 35.1 Å². The first kappa shape index (κ1) is 15.0. The molecule has 0 aliphatic heterocycles. The van der Waals surface area contributed by atoms with Crippen molar-refractivity contribution < 1.29 is 9.47 Å². The van der Waals surface area contributed by atoms with Gasteiger partial charge in [-0.1, -0.05) is 17.7 Å². The lowest BCUT2D eigenvalue weighted by Gasteiger charge is -2.12. The van der Waals surface area contributed by atoms with Gasteiger partial charge in [-0.15, -0.1) is 0 Å². The van der Waals surface area contributed by atoms with E-state index in [1.165, 1.54) is 7.11 Å². The van der Waals surface area contributed by atoms with Crippen LogP contribution < -0.4 is 10.1 Å². The Kier molecular flexibility index (Phi) is 4.93. The minimum absolute atomic E-state index is 0.242. The van der Waals surface area contributed by atoms with Crippen molar-refractivity contribution in [1.29, 1.82) is 5.26 Å².